The Morgan fingerprint density at radius 1 is 1.30 bits per heavy atom. The molecule has 1 aromatic carbocycles. The van der Waals surface area contributed by atoms with E-state index in [-0.39, 0.29) is 18.4 Å². The highest BCUT2D eigenvalue weighted by atomic mass is 16.4. The fourth-order valence-electron chi connectivity index (χ4n) is 2.03. The van der Waals surface area contributed by atoms with Gasteiger partial charge in [-0.15, -0.1) is 0 Å². The third-order valence-electron chi connectivity index (χ3n) is 3.46. The molecule has 0 fully saturated rings. The van der Waals surface area contributed by atoms with Gasteiger partial charge in [0.05, 0.1) is 6.54 Å². The van der Waals surface area contributed by atoms with Crippen molar-refractivity contribution in [2.75, 3.05) is 18.9 Å². The third-order valence-corrected chi connectivity index (χ3v) is 3.46. The third kappa shape index (κ3) is 4.26. The number of aliphatic carboxylic acids is 1. The number of rotatable bonds is 7. The summed E-state index contributed by atoms with van der Waals surface area (Å²) in [4.78, 5) is 24.7. The molecule has 0 bridgehead atoms. The highest BCUT2D eigenvalue weighted by Gasteiger charge is 2.30. The number of anilines is 1. The van der Waals surface area contributed by atoms with E-state index in [0.717, 1.165) is 5.69 Å². The fraction of sp³-hybridized carbons (Fsp3) is 0.467. The van der Waals surface area contributed by atoms with Crippen LogP contribution < -0.4 is 5.32 Å². The van der Waals surface area contributed by atoms with Crippen LogP contribution >= 0.6 is 0 Å². The predicted molar refractivity (Wildman–Crippen MR) is 78.6 cm³/mol. The van der Waals surface area contributed by atoms with E-state index in [1.165, 1.54) is 4.90 Å². The first-order valence-electron chi connectivity index (χ1n) is 6.74. The molecular weight excluding hydrogens is 256 g/mol. The van der Waals surface area contributed by atoms with Crippen LogP contribution in [-0.2, 0) is 9.59 Å². The topological polar surface area (TPSA) is 69.6 Å². The molecule has 0 aliphatic carbocycles. The van der Waals surface area contributed by atoms with Gasteiger partial charge in [0.2, 0.25) is 5.91 Å². The number of benzene rings is 1. The van der Waals surface area contributed by atoms with Gasteiger partial charge < -0.3 is 15.3 Å². The second-order valence-electron chi connectivity index (χ2n) is 4.89. The van der Waals surface area contributed by atoms with E-state index < -0.39 is 12.0 Å². The monoisotopic (exact) mass is 278 g/mol. The number of para-hydroxylation sites is 1. The van der Waals surface area contributed by atoms with Crippen molar-refractivity contribution in [1.82, 2.24) is 4.90 Å². The molecule has 1 rings (SSSR count). The summed E-state index contributed by atoms with van der Waals surface area (Å²) in [6, 6.07) is 8.56. The normalized spacial score (nSPS) is 13.3. The molecule has 0 aliphatic heterocycles. The van der Waals surface area contributed by atoms with Crippen LogP contribution in [0.4, 0.5) is 5.69 Å². The van der Waals surface area contributed by atoms with Gasteiger partial charge in [-0.1, -0.05) is 38.5 Å². The molecule has 2 N–H and O–H groups in total. The number of nitrogens with one attached hydrogen (secondary N) is 1. The SMILES string of the molecule is CC[C@H](C)[C@@H](C(=O)O)N(C)C(=O)CNc1ccccc1. The molecule has 0 saturated heterocycles. The largest absolute Gasteiger partial charge is 0.480 e. The zero-order valence-corrected chi connectivity index (χ0v) is 12.2. The molecule has 1 aromatic rings. The number of carboxylic acid groups (broad SMARTS) is 1. The molecule has 5 heteroatoms. The van der Waals surface area contributed by atoms with Gasteiger partial charge in [0.15, 0.2) is 0 Å². The van der Waals surface area contributed by atoms with Crippen LogP contribution in [0.1, 0.15) is 20.3 Å². The fourth-order valence-corrected chi connectivity index (χ4v) is 2.03. The van der Waals surface area contributed by atoms with Crippen molar-refractivity contribution >= 4 is 17.6 Å². The van der Waals surface area contributed by atoms with Crippen LogP contribution in [-0.4, -0.2) is 41.5 Å². The molecule has 0 saturated carbocycles. The van der Waals surface area contributed by atoms with Crippen molar-refractivity contribution in [3.05, 3.63) is 30.3 Å². The number of amides is 1. The minimum atomic E-state index is -0.963. The minimum Gasteiger partial charge on any atom is -0.480 e. The summed E-state index contributed by atoms with van der Waals surface area (Å²) in [6.07, 6.45) is 0.709. The molecule has 110 valence electrons. The van der Waals surface area contributed by atoms with Gasteiger partial charge in [0.1, 0.15) is 6.04 Å². The van der Waals surface area contributed by atoms with Crippen LogP contribution in [0.5, 0.6) is 0 Å². The summed E-state index contributed by atoms with van der Waals surface area (Å²) in [6.45, 7) is 3.84. The Balaban J connectivity index is 2.63. The van der Waals surface area contributed by atoms with Crippen LogP contribution in [0.25, 0.3) is 0 Å². The lowest BCUT2D eigenvalue weighted by atomic mass is 9.98. The van der Waals surface area contributed by atoms with E-state index in [2.05, 4.69) is 5.32 Å². The Morgan fingerprint density at radius 3 is 2.40 bits per heavy atom. The number of hydrogen-bond acceptors (Lipinski definition) is 3. The first-order valence-corrected chi connectivity index (χ1v) is 6.74. The first-order chi connectivity index (χ1) is 9.47. The lowest BCUT2D eigenvalue weighted by molar-refractivity contribution is -0.150. The van der Waals surface area contributed by atoms with Gasteiger partial charge in [-0.3, -0.25) is 4.79 Å². The van der Waals surface area contributed by atoms with E-state index in [9.17, 15) is 14.7 Å². The zero-order chi connectivity index (χ0) is 15.1. The van der Waals surface area contributed by atoms with Crippen molar-refractivity contribution in [3.8, 4) is 0 Å². The number of carbonyl (C=O) groups is 2. The number of carboxylic acids is 1. The van der Waals surface area contributed by atoms with Crippen LogP contribution in [0.3, 0.4) is 0 Å². The predicted octanol–water partition coefficient (Wildman–Crippen LogP) is 2.06. The summed E-state index contributed by atoms with van der Waals surface area (Å²) < 4.78 is 0. The van der Waals surface area contributed by atoms with Gasteiger partial charge in [-0.05, 0) is 18.1 Å². The number of nitrogens with zero attached hydrogens (tertiary/aromatic N) is 1. The van der Waals surface area contributed by atoms with E-state index >= 15 is 0 Å². The molecular formula is C15H22N2O3. The van der Waals surface area contributed by atoms with Crippen molar-refractivity contribution in [2.24, 2.45) is 5.92 Å². The average Bonchev–Trinajstić information content (AvgIpc) is 2.45. The molecule has 1 amide bonds. The molecule has 0 aromatic heterocycles. The van der Waals surface area contributed by atoms with Gasteiger partial charge >= 0.3 is 5.97 Å². The standard InChI is InChI=1S/C15H22N2O3/c1-4-11(2)14(15(19)20)17(3)13(18)10-16-12-8-6-5-7-9-12/h5-9,11,14,16H,4,10H2,1-3H3,(H,19,20)/t11-,14-/m0/s1. The molecule has 0 radical (unpaired) electrons. The van der Waals surface area contributed by atoms with E-state index in [1.807, 2.05) is 44.2 Å². The van der Waals surface area contributed by atoms with Gasteiger partial charge in [0.25, 0.3) is 0 Å². The first kappa shape index (κ1) is 16.0. The lowest BCUT2D eigenvalue weighted by Gasteiger charge is -2.29. The van der Waals surface area contributed by atoms with E-state index in [0.29, 0.717) is 6.42 Å². The number of carbonyl (C=O) groups excluding carboxylic acids is 1. The second kappa shape index (κ2) is 7.53. The van der Waals surface area contributed by atoms with Crippen LogP contribution in [0.2, 0.25) is 0 Å². The molecule has 0 spiro atoms. The molecule has 0 heterocycles. The molecule has 2 atom stereocenters. The zero-order valence-electron chi connectivity index (χ0n) is 12.2. The molecule has 20 heavy (non-hydrogen) atoms. The van der Waals surface area contributed by atoms with Crippen LogP contribution in [0.15, 0.2) is 30.3 Å². The Bertz CT molecular complexity index is 448. The summed E-state index contributed by atoms with van der Waals surface area (Å²) in [7, 11) is 1.54. The quantitative estimate of drug-likeness (QED) is 0.801. The lowest BCUT2D eigenvalue weighted by Crippen LogP contribution is -2.48. The summed E-state index contributed by atoms with van der Waals surface area (Å²) in [5.41, 5.74) is 0.838. The van der Waals surface area contributed by atoms with Gasteiger partial charge in [0, 0.05) is 12.7 Å². The summed E-state index contributed by atoms with van der Waals surface area (Å²) in [5, 5.41) is 12.3. The smallest absolute Gasteiger partial charge is 0.326 e. The Hall–Kier alpha value is -2.04. The Morgan fingerprint density at radius 2 is 1.90 bits per heavy atom. The van der Waals surface area contributed by atoms with E-state index in [1.54, 1.807) is 7.05 Å². The Labute approximate surface area is 119 Å². The molecule has 5 nitrogen and oxygen atoms in total. The average molecular weight is 278 g/mol. The molecule has 0 unspecified atom stereocenters. The number of hydrogen-bond donors (Lipinski definition) is 2. The van der Waals surface area contributed by atoms with Crippen molar-refractivity contribution in [2.45, 2.75) is 26.3 Å². The highest BCUT2D eigenvalue weighted by Crippen LogP contribution is 2.14. The second-order valence-corrected chi connectivity index (χ2v) is 4.89. The maximum Gasteiger partial charge on any atom is 0.326 e. The van der Waals surface area contributed by atoms with Crippen molar-refractivity contribution in [3.63, 3.8) is 0 Å². The van der Waals surface area contributed by atoms with Gasteiger partial charge in [-0.2, -0.15) is 0 Å². The Kier molecular flexibility index (Phi) is 6.03. The van der Waals surface area contributed by atoms with Gasteiger partial charge in [-0.25, -0.2) is 4.79 Å². The maximum atomic E-state index is 12.1. The van der Waals surface area contributed by atoms with E-state index in [4.69, 9.17) is 0 Å². The van der Waals surface area contributed by atoms with Crippen LogP contribution in [0, 0.1) is 5.92 Å². The molecule has 0 aliphatic rings. The van der Waals surface area contributed by atoms with Crippen molar-refractivity contribution < 1.29 is 14.7 Å². The highest BCUT2D eigenvalue weighted by molar-refractivity contribution is 5.86. The van der Waals surface area contributed by atoms with Crippen molar-refractivity contribution in [1.29, 1.82) is 0 Å². The minimum absolute atomic E-state index is 0.0841. The summed E-state index contributed by atoms with van der Waals surface area (Å²) >= 11 is 0. The maximum absolute atomic E-state index is 12.1. The number of likely N-dealkylation sites (N-methyl/N-ethyl adjacent to an activating group) is 1. The summed E-state index contributed by atoms with van der Waals surface area (Å²) in [5.74, 6) is -1.28.